The number of hydrogen-bond acceptors (Lipinski definition) is 3. The molecule has 0 aliphatic heterocycles. The molecule has 0 radical (unpaired) electrons. The predicted molar refractivity (Wildman–Crippen MR) is 95.6 cm³/mol. The molecule has 1 amide bonds. The minimum absolute atomic E-state index is 0.0545. The molecule has 0 bridgehead atoms. The van der Waals surface area contributed by atoms with E-state index in [2.05, 4.69) is 22.4 Å². The van der Waals surface area contributed by atoms with Crippen LogP contribution in [0.1, 0.15) is 5.56 Å². The van der Waals surface area contributed by atoms with Crippen molar-refractivity contribution in [2.45, 2.75) is 11.3 Å². The van der Waals surface area contributed by atoms with Crippen molar-refractivity contribution in [3.05, 3.63) is 72.4 Å². The summed E-state index contributed by atoms with van der Waals surface area (Å²) in [6, 6.07) is 20.2. The number of nitrogens with zero attached hydrogens (tertiary/aromatic N) is 1. The maximum Gasteiger partial charge on any atom is 0.230 e. The Morgan fingerprint density at radius 1 is 1.00 bits per heavy atom. The van der Waals surface area contributed by atoms with Crippen molar-refractivity contribution < 1.29 is 4.79 Å². The van der Waals surface area contributed by atoms with Crippen molar-refractivity contribution in [1.29, 1.82) is 0 Å². The monoisotopic (exact) mass is 322 g/mol. The average Bonchev–Trinajstić information content (AvgIpc) is 2.61. The van der Waals surface area contributed by atoms with Crippen LogP contribution in [0.2, 0.25) is 0 Å². The molecule has 1 aromatic heterocycles. The Kier molecular flexibility index (Phi) is 5.27. The van der Waals surface area contributed by atoms with E-state index >= 15 is 0 Å². The predicted octanol–water partition coefficient (Wildman–Crippen LogP) is 3.69. The first kappa shape index (κ1) is 15.6. The Bertz CT molecular complexity index is 784. The zero-order chi connectivity index (χ0) is 15.9. The summed E-state index contributed by atoms with van der Waals surface area (Å²) in [7, 11) is 0. The molecule has 1 N–H and O–H groups in total. The molecule has 4 heteroatoms. The summed E-state index contributed by atoms with van der Waals surface area (Å²) >= 11 is 1.53. The van der Waals surface area contributed by atoms with Crippen molar-refractivity contribution in [2.75, 3.05) is 12.3 Å². The van der Waals surface area contributed by atoms with Crippen LogP contribution in [-0.2, 0) is 11.2 Å². The molecule has 1 heterocycles. The molecule has 23 heavy (non-hydrogen) atoms. The van der Waals surface area contributed by atoms with Crippen molar-refractivity contribution in [1.82, 2.24) is 10.3 Å². The molecule has 0 fully saturated rings. The molecular weight excluding hydrogens is 304 g/mol. The second-order valence-electron chi connectivity index (χ2n) is 5.21. The van der Waals surface area contributed by atoms with Gasteiger partial charge in [-0.25, -0.2) is 0 Å². The number of nitrogens with one attached hydrogen (secondary N) is 1. The van der Waals surface area contributed by atoms with E-state index < -0.39 is 0 Å². The van der Waals surface area contributed by atoms with Crippen molar-refractivity contribution >= 4 is 28.6 Å². The standard InChI is InChI=1S/C19H18N2OS/c22-18(20-13-11-15-6-2-1-3-7-15)14-23-17-10-4-8-16-9-5-12-21-19(16)17/h1-10,12H,11,13-14H2,(H,20,22). The van der Waals surface area contributed by atoms with Gasteiger partial charge in [0.05, 0.1) is 11.3 Å². The Morgan fingerprint density at radius 2 is 1.83 bits per heavy atom. The second-order valence-corrected chi connectivity index (χ2v) is 6.22. The first-order valence-corrected chi connectivity index (χ1v) is 8.59. The van der Waals surface area contributed by atoms with Gasteiger partial charge in [0.2, 0.25) is 5.91 Å². The van der Waals surface area contributed by atoms with Crippen LogP contribution < -0.4 is 5.32 Å². The van der Waals surface area contributed by atoms with Gasteiger partial charge in [0, 0.05) is 23.0 Å². The first-order chi connectivity index (χ1) is 11.3. The third kappa shape index (κ3) is 4.33. The number of rotatable bonds is 6. The van der Waals surface area contributed by atoms with Gasteiger partial charge in [-0.1, -0.05) is 48.5 Å². The molecule has 0 aliphatic carbocycles. The molecule has 116 valence electrons. The highest BCUT2D eigenvalue weighted by Gasteiger charge is 2.06. The Hall–Kier alpha value is -2.33. The van der Waals surface area contributed by atoms with Gasteiger partial charge in [0.15, 0.2) is 0 Å². The summed E-state index contributed by atoms with van der Waals surface area (Å²) in [4.78, 5) is 17.4. The van der Waals surface area contributed by atoms with Crippen LogP contribution in [-0.4, -0.2) is 23.2 Å². The zero-order valence-corrected chi connectivity index (χ0v) is 13.6. The van der Waals surface area contributed by atoms with Crippen LogP contribution in [0.4, 0.5) is 0 Å². The topological polar surface area (TPSA) is 42.0 Å². The van der Waals surface area contributed by atoms with Crippen molar-refractivity contribution in [3.63, 3.8) is 0 Å². The van der Waals surface area contributed by atoms with Crippen LogP contribution in [0.3, 0.4) is 0 Å². The largest absolute Gasteiger partial charge is 0.355 e. The smallest absolute Gasteiger partial charge is 0.230 e. The number of aromatic nitrogens is 1. The van der Waals surface area contributed by atoms with Gasteiger partial charge in [0.1, 0.15) is 0 Å². The van der Waals surface area contributed by atoms with Gasteiger partial charge in [-0.3, -0.25) is 9.78 Å². The number of carbonyl (C=O) groups excluding carboxylic acids is 1. The minimum Gasteiger partial charge on any atom is -0.355 e. The van der Waals surface area contributed by atoms with E-state index in [4.69, 9.17) is 0 Å². The fourth-order valence-electron chi connectivity index (χ4n) is 2.38. The number of fused-ring (bicyclic) bond motifs is 1. The SMILES string of the molecule is O=C(CSc1cccc2cccnc12)NCCc1ccccc1. The highest BCUT2D eigenvalue weighted by Crippen LogP contribution is 2.25. The minimum atomic E-state index is 0.0545. The number of hydrogen-bond donors (Lipinski definition) is 1. The summed E-state index contributed by atoms with van der Waals surface area (Å²) in [5, 5.41) is 4.07. The maximum atomic E-state index is 12.0. The van der Waals surface area contributed by atoms with Gasteiger partial charge in [0.25, 0.3) is 0 Å². The number of carbonyl (C=O) groups is 1. The lowest BCUT2D eigenvalue weighted by atomic mass is 10.1. The van der Waals surface area contributed by atoms with E-state index in [1.165, 1.54) is 17.3 Å². The lowest BCUT2D eigenvalue weighted by molar-refractivity contribution is -0.118. The molecule has 0 spiro atoms. The zero-order valence-electron chi connectivity index (χ0n) is 12.7. The number of amides is 1. The second kappa shape index (κ2) is 7.79. The molecule has 0 atom stereocenters. The van der Waals surface area contributed by atoms with Gasteiger partial charge in [-0.2, -0.15) is 0 Å². The van der Waals surface area contributed by atoms with Crippen molar-refractivity contribution in [2.24, 2.45) is 0 Å². The fourth-order valence-corrected chi connectivity index (χ4v) is 3.25. The Balaban J connectivity index is 1.50. The maximum absolute atomic E-state index is 12.0. The van der Waals surface area contributed by atoms with E-state index in [0.717, 1.165) is 22.2 Å². The molecule has 3 nitrogen and oxygen atoms in total. The van der Waals surface area contributed by atoms with Crippen LogP contribution in [0.15, 0.2) is 71.8 Å². The molecule has 0 saturated carbocycles. The quantitative estimate of drug-likeness (QED) is 0.704. The number of para-hydroxylation sites is 1. The molecule has 0 saturated heterocycles. The average molecular weight is 322 g/mol. The van der Waals surface area contributed by atoms with E-state index in [1.54, 1.807) is 6.20 Å². The van der Waals surface area contributed by atoms with E-state index in [1.807, 2.05) is 48.5 Å². The fraction of sp³-hybridized carbons (Fsp3) is 0.158. The van der Waals surface area contributed by atoms with E-state index in [-0.39, 0.29) is 5.91 Å². The lowest BCUT2D eigenvalue weighted by Crippen LogP contribution is -2.27. The molecular formula is C19H18N2OS. The van der Waals surface area contributed by atoms with E-state index in [0.29, 0.717) is 12.3 Å². The van der Waals surface area contributed by atoms with Crippen molar-refractivity contribution in [3.8, 4) is 0 Å². The van der Waals surface area contributed by atoms with Crippen LogP contribution in [0.25, 0.3) is 10.9 Å². The van der Waals surface area contributed by atoms with Gasteiger partial charge < -0.3 is 5.32 Å². The first-order valence-electron chi connectivity index (χ1n) is 7.60. The Labute approximate surface area is 140 Å². The van der Waals surface area contributed by atoms with Gasteiger partial charge in [-0.15, -0.1) is 11.8 Å². The summed E-state index contributed by atoms with van der Waals surface area (Å²) in [6.07, 6.45) is 2.64. The van der Waals surface area contributed by atoms with Crippen LogP contribution in [0, 0.1) is 0 Å². The summed E-state index contributed by atoms with van der Waals surface area (Å²) < 4.78 is 0. The molecule has 2 aromatic carbocycles. The summed E-state index contributed by atoms with van der Waals surface area (Å²) in [5.41, 5.74) is 2.19. The third-order valence-electron chi connectivity index (χ3n) is 3.53. The molecule has 3 rings (SSSR count). The van der Waals surface area contributed by atoms with Crippen LogP contribution in [0.5, 0.6) is 0 Å². The third-order valence-corrected chi connectivity index (χ3v) is 4.58. The summed E-state index contributed by atoms with van der Waals surface area (Å²) in [6.45, 7) is 0.664. The normalized spacial score (nSPS) is 10.6. The van der Waals surface area contributed by atoms with Crippen LogP contribution >= 0.6 is 11.8 Å². The number of thioether (sulfide) groups is 1. The van der Waals surface area contributed by atoms with Gasteiger partial charge in [-0.05, 0) is 24.1 Å². The summed E-state index contributed by atoms with van der Waals surface area (Å²) in [5.74, 6) is 0.462. The molecule has 0 aliphatic rings. The highest BCUT2D eigenvalue weighted by molar-refractivity contribution is 8.00. The highest BCUT2D eigenvalue weighted by atomic mass is 32.2. The molecule has 0 unspecified atom stereocenters. The number of pyridine rings is 1. The Morgan fingerprint density at radius 3 is 2.70 bits per heavy atom. The molecule has 3 aromatic rings. The number of benzene rings is 2. The van der Waals surface area contributed by atoms with Gasteiger partial charge >= 0.3 is 0 Å². The van der Waals surface area contributed by atoms with E-state index in [9.17, 15) is 4.79 Å². The lowest BCUT2D eigenvalue weighted by Gasteiger charge is -2.07.